The first-order valence-electron chi connectivity index (χ1n) is 8.49. The largest absolute Gasteiger partial charge is 0.449 e. The number of amides is 1. The molecule has 3 nitrogen and oxygen atoms in total. The molecule has 1 aliphatic rings. The fraction of sp³-hybridized carbons (Fsp3) is 0.318. The van der Waals surface area contributed by atoms with Crippen molar-refractivity contribution in [1.82, 2.24) is 5.32 Å². The van der Waals surface area contributed by atoms with E-state index in [1.807, 2.05) is 45.0 Å². The van der Waals surface area contributed by atoms with Gasteiger partial charge in [0.15, 0.2) is 0 Å². The maximum atomic E-state index is 12.2. The Morgan fingerprint density at radius 2 is 1.64 bits per heavy atom. The van der Waals surface area contributed by atoms with Crippen molar-refractivity contribution in [2.24, 2.45) is 5.41 Å². The number of alkyl carbamates (subject to hydrolysis) is 1. The van der Waals surface area contributed by atoms with Crippen LogP contribution in [0.15, 0.2) is 48.5 Å². The summed E-state index contributed by atoms with van der Waals surface area (Å²) < 4.78 is 5.52. The van der Waals surface area contributed by atoms with Crippen molar-refractivity contribution >= 4 is 6.09 Å². The normalized spacial score (nSPS) is 14.2. The van der Waals surface area contributed by atoms with Gasteiger partial charge in [-0.25, -0.2) is 4.79 Å². The summed E-state index contributed by atoms with van der Waals surface area (Å²) in [5.74, 6) is 2.67. The van der Waals surface area contributed by atoms with E-state index in [0.717, 1.165) is 0 Å². The Kier molecular flexibility index (Phi) is 4.55. The van der Waals surface area contributed by atoms with E-state index in [-0.39, 0.29) is 17.4 Å². The quantitative estimate of drug-likeness (QED) is 0.835. The molecule has 1 aliphatic carbocycles. The van der Waals surface area contributed by atoms with Gasteiger partial charge in [-0.05, 0) is 27.7 Å². The molecule has 0 spiro atoms. The van der Waals surface area contributed by atoms with E-state index in [4.69, 9.17) is 11.2 Å². The van der Waals surface area contributed by atoms with Crippen LogP contribution in [0.4, 0.5) is 4.79 Å². The van der Waals surface area contributed by atoms with Crippen molar-refractivity contribution in [3.8, 4) is 23.5 Å². The third kappa shape index (κ3) is 3.39. The number of ether oxygens (including phenoxy) is 1. The van der Waals surface area contributed by atoms with Crippen LogP contribution in [0.2, 0.25) is 0 Å². The number of hydrogen-bond donors (Lipinski definition) is 1. The monoisotopic (exact) mass is 333 g/mol. The maximum Gasteiger partial charge on any atom is 0.408 e. The zero-order chi connectivity index (χ0) is 18.0. The van der Waals surface area contributed by atoms with Crippen LogP contribution in [-0.4, -0.2) is 18.7 Å². The van der Waals surface area contributed by atoms with Crippen LogP contribution >= 0.6 is 0 Å². The fourth-order valence-corrected chi connectivity index (χ4v) is 3.27. The van der Waals surface area contributed by atoms with Crippen LogP contribution in [0, 0.1) is 17.8 Å². The molecule has 0 fully saturated rings. The average molecular weight is 333 g/mol. The van der Waals surface area contributed by atoms with Gasteiger partial charge in [0.1, 0.15) is 6.61 Å². The topological polar surface area (TPSA) is 38.3 Å². The number of nitrogens with one attached hydrogen (secondary N) is 1. The molecule has 2 aromatic rings. The van der Waals surface area contributed by atoms with Crippen LogP contribution in [0.1, 0.15) is 37.8 Å². The number of fused-ring (bicyclic) bond motifs is 3. The molecule has 3 heteroatoms. The van der Waals surface area contributed by atoms with E-state index in [9.17, 15) is 4.79 Å². The van der Waals surface area contributed by atoms with Gasteiger partial charge < -0.3 is 10.1 Å². The third-order valence-electron chi connectivity index (χ3n) is 4.64. The molecular weight excluding hydrogens is 310 g/mol. The summed E-state index contributed by atoms with van der Waals surface area (Å²) in [6.45, 7) is 6.26. The summed E-state index contributed by atoms with van der Waals surface area (Å²) in [6.07, 6.45) is 5.06. The number of rotatable bonds is 3. The molecule has 25 heavy (non-hydrogen) atoms. The minimum atomic E-state index is -0.472. The summed E-state index contributed by atoms with van der Waals surface area (Å²) in [6, 6.07) is 16.2. The molecular formula is C22H23NO2. The van der Waals surface area contributed by atoms with Crippen molar-refractivity contribution in [1.29, 1.82) is 0 Å². The number of terminal acetylenes is 1. The highest BCUT2D eigenvalue weighted by Gasteiger charge is 2.30. The van der Waals surface area contributed by atoms with E-state index in [0.29, 0.717) is 6.61 Å². The Bertz CT molecular complexity index is 781. The van der Waals surface area contributed by atoms with Crippen LogP contribution in [0.25, 0.3) is 11.1 Å². The first-order chi connectivity index (χ1) is 11.9. The standard InChI is InChI=1S/C22H23NO2/c1-5-20(22(2,3)4)23-21(24)25-14-19-17-12-8-6-10-15(17)16-11-7-9-13-18(16)19/h1,6-13,19-20H,14H2,2-4H3,(H,23,24)/t20-/m1/s1. The van der Waals surface area contributed by atoms with Crippen LogP contribution in [0.3, 0.4) is 0 Å². The summed E-state index contributed by atoms with van der Waals surface area (Å²) in [7, 11) is 0. The SMILES string of the molecule is C#C[C@@H](NC(=O)OCC1c2ccccc2-c2ccccc21)C(C)(C)C. The number of hydrogen-bond acceptors (Lipinski definition) is 2. The molecule has 0 aromatic heterocycles. The molecule has 0 saturated carbocycles. The molecule has 0 heterocycles. The van der Waals surface area contributed by atoms with Crippen LogP contribution in [-0.2, 0) is 4.74 Å². The third-order valence-corrected chi connectivity index (χ3v) is 4.64. The number of carbonyl (C=O) groups is 1. The van der Waals surface area contributed by atoms with Crippen molar-refractivity contribution < 1.29 is 9.53 Å². The predicted octanol–water partition coefficient (Wildman–Crippen LogP) is 4.57. The molecule has 1 N–H and O–H groups in total. The molecule has 1 amide bonds. The van der Waals surface area contributed by atoms with E-state index in [1.165, 1.54) is 22.3 Å². The van der Waals surface area contributed by atoms with Crippen molar-refractivity contribution in [3.63, 3.8) is 0 Å². The van der Waals surface area contributed by atoms with E-state index in [1.54, 1.807) is 0 Å². The van der Waals surface area contributed by atoms with Crippen molar-refractivity contribution in [2.75, 3.05) is 6.61 Å². The molecule has 0 saturated heterocycles. The van der Waals surface area contributed by atoms with Crippen LogP contribution in [0.5, 0.6) is 0 Å². The van der Waals surface area contributed by atoms with Gasteiger partial charge in [-0.1, -0.05) is 75.2 Å². The van der Waals surface area contributed by atoms with Crippen LogP contribution < -0.4 is 5.32 Å². The van der Waals surface area contributed by atoms with Gasteiger partial charge in [0.2, 0.25) is 0 Å². The summed E-state index contributed by atoms with van der Waals surface area (Å²) in [5, 5.41) is 2.78. The second-order valence-electron chi connectivity index (χ2n) is 7.44. The summed E-state index contributed by atoms with van der Waals surface area (Å²) in [5.41, 5.74) is 4.59. The van der Waals surface area contributed by atoms with Gasteiger partial charge in [-0.15, -0.1) is 6.42 Å². The molecule has 3 rings (SSSR count). The number of benzene rings is 2. The Labute approximate surface area is 149 Å². The fourth-order valence-electron chi connectivity index (χ4n) is 3.27. The van der Waals surface area contributed by atoms with Gasteiger partial charge in [0.25, 0.3) is 0 Å². The second kappa shape index (κ2) is 6.64. The van der Waals surface area contributed by atoms with E-state index >= 15 is 0 Å². The molecule has 0 aliphatic heterocycles. The molecule has 1 atom stereocenters. The Morgan fingerprint density at radius 3 is 2.12 bits per heavy atom. The lowest BCUT2D eigenvalue weighted by Gasteiger charge is -2.27. The smallest absolute Gasteiger partial charge is 0.408 e. The van der Waals surface area contributed by atoms with Gasteiger partial charge in [-0.3, -0.25) is 0 Å². The zero-order valence-corrected chi connectivity index (χ0v) is 14.9. The Morgan fingerprint density at radius 1 is 1.12 bits per heavy atom. The minimum absolute atomic E-state index is 0.0528. The minimum Gasteiger partial charge on any atom is -0.449 e. The highest BCUT2D eigenvalue weighted by molar-refractivity contribution is 5.79. The first-order valence-corrected chi connectivity index (χ1v) is 8.49. The average Bonchev–Trinajstić information content (AvgIpc) is 2.91. The predicted molar refractivity (Wildman–Crippen MR) is 100 cm³/mol. The highest BCUT2D eigenvalue weighted by Crippen LogP contribution is 2.44. The Balaban J connectivity index is 1.74. The van der Waals surface area contributed by atoms with Gasteiger partial charge in [-0.2, -0.15) is 0 Å². The Hall–Kier alpha value is -2.73. The van der Waals surface area contributed by atoms with Gasteiger partial charge in [0.05, 0.1) is 6.04 Å². The molecule has 2 aromatic carbocycles. The van der Waals surface area contributed by atoms with Gasteiger partial charge in [0, 0.05) is 5.92 Å². The summed E-state index contributed by atoms with van der Waals surface area (Å²) in [4.78, 5) is 12.2. The summed E-state index contributed by atoms with van der Waals surface area (Å²) >= 11 is 0. The van der Waals surface area contributed by atoms with Gasteiger partial charge >= 0.3 is 6.09 Å². The number of carbonyl (C=O) groups excluding carboxylic acids is 1. The van der Waals surface area contributed by atoms with Crippen molar-refractivity contribution in [3.05, 3.63) is 59.7 Å². The maximum absolute atomic E-state index is 12.2. The second-order valence-corrected chi connectivity index (χ2v) is 7.44. The highest BCUT2D eigenvalue weighted by atomic mass is 16.5. The van der Waals surface area contributed by atoms with E-state index < -0.39 is 6.09 Å². The molecule has 0 bridgehead atoms. The molecule has 0 unspecified atom stereocenters. The lowest BCUT2D eigenvalue weighted by Crippen LogP contribution is -2.43. The molecule has 128 valence electrons. The zero-order valence-electron chi connectivity index (χ0n) is 14.9. The first kappa shape index (κ1) is 17.1. The lowest BCUT2D eigenvalue weighted by atomic mass is 9.87. The molecule has 0 radical (unpaired) electrons. The lowest BCUT2D eigenvalue weighted by molar-refractivity contribution is 0.135. The van der Waals surface area contributed by atoms with E-state index in [2.05, 4.69) is 35.5 Å². The van der Waals surface area contributed by atoms with Crippen molar-refractivity contribution in [2.45, 2.75) is 32.7 Å².